The van der Waals surface area contributed by atoms with Crippen molar-refractivity contribution in [2.75, 3.05) is 40.3 Å². The molecule has 1 aliphatic heterocycles. The van der Waals surface area contributed by atoms with Crippen LogP contribution in [0.4, 0.5) is 0 Å². The van der Waals surface area contributed by atoms with Crippen LogP contribution in [0, 0.1) is 29.6 Å². The predicted octanol–water partition coefficient (Wildman–Crippen LogP) is 1.72. The lowest BCUT2D eigenvalue weighted by Crippen LogP contribution is -2.45. The van der Waals surface area contributed by atoms with Gasteiger partial charge in [0.2, 0.25) is 11.8 Å². The van der Waals surface area contributed by atoms with Crippen LogP contribution in [0.1, 0.15) is 40.0 Å². The number of likely N-dealkylation sites (tertiary alicyclic amines) is 1. The molecule has 168 valence electrons. The number of imide groups is 1. The highest BCUT2D eigenvalue weighted by Crippen LogP contribution is 2.52. The van der Waals surface area contributed by atoms with Gasteiger partial charge in [0, 0.05) is 25.7 Å². The van der Waals surface area contributed by atoms with Crippen molar-refractivity contribution >= 4 is 17.8 Å². The second kappa shape index (κ2) is 9.94. The molecule has 5 atom stereocenters. The lowest BCUT2D eigenvalue weighted by atomic mass is 9.85. The van der Waals surface area contributed by atoms with Crippen molar-refractivity contribution in [1.82, 2.24) is 20.4 Å². The van der Waals surface area contributed by atoms with Crippen LogP contribution in [0.2, 0.25) is 0 Å². The van der Waals surface area contributed by atoms with Gasteiger partial charge in [0.15, 0.2) is 5.96 Å². The van der Waals surface area contributed by atoms with Crippen molar-refractivity contribution in [3.8, 4) is 0 Å². The SMILES string of the molecule is CCNC(=NCC(C(CC)CC)N(C)C)NCCN1C(=O)C2C3C=CC(C3)C2C1=O. The van der Waals surface area contributed by atoms with Gasteiger partial charge >= 0.3 is 0 Å². The molecule has 7 nitrogen and oxygen atoms in total. The number of likely N-dealkylation sites (N-methyl/N-ethyl adjacent to an activating group) is 1. The van der Waals surface area contributed by atoms with E-state index in [-0.39, 0.29) is 35.5 Å². The van der Waals surface area contributed by atoms with E-state index in [4.69, 9.17) is 4.99 Å². The van der Waals surface area contributed by atoms with Crippen LogP contribution in [0.25, 0.3) is 0 Å². The topological polar surface area (TPSA) is 77.0 Å². The van der Waals surface area contributed by atoms with Gasteiger partial charge in [-0.1, -0.05) is 38.8 Å². The van der Waals surface area contributed by atoms with E-state index in [1.54, 1.807) is 0 Å². The van der Waals surface area contributed by atoms with E-state index in [1.165, 1.54) is 4.90 Å². The van der Waals surface area contributed by atoms with Gasteiger partial charge in [-0.15, -0.1) is 0 Å². The third kappa shape index (κ3) is 4.41. The third-order valence-electron chi connectivity index (χ3n) is 7.23. The highest BCUT2D eigenvalue weighted by atomic mass is 16.2. The number of amides is 2. The summed E-state index contributed by atoms with van der Waals surface area (Å²) in [5.74, 6) is 1.69. The van der Waals surface area contributed by atoms with Crippen LogP contribution in [0.15, 0.2) is 17.1 Å². The van der Waals surface area contributed by atoms with E-state index in [2.05, 4.69) is 55.6 Å². The van der Waals surface area contributed by atoms with E-state index >= 15 is 0 Å². The van der Waals surface area contributed by atoms with Crippen molar-refractivity contribution in [3.05, 3.63) is 12.2 Å². The molecule has 2 amide bonds. The first kappa shape index (κ1) is 22.8. The molecule has 1 saturated heterocycles. The summed E-state index contributed by atoms with van der Waals surface area (Å²) in [6.45, 7) is 8.91. The first-order valence-electron chi connectivity index (χ1n) is 11.6. The van der Waals surface area contributed by atoms with Gasteiger partial charge in [-0.05, 0) is 45.2 Å². The van der Waals surface area contributed by atoms with Crippen molar-refractivity contribution in [2.24, 2.45) is 34.6 Å². The Kier molecular flexibility index (Phi) is 7.55. The molecule has 0 aromatic heterocycles. The smallest absolute Gasteiger partial charge is 0.233 e. The van der Waals surface area contributed by atoms with Crippen LogP contribution < -0.4 is 10.6 Å². The third-order valence-corrected chi connectivity index (χ3v) is 7.23. The van der Waals surface area contributed by atoms with Crippen LogP contribution in [-0.4, -0.2) is 73.9 Å². The first-order valence-corrected chi connectivity index (χ1v) is 11.6. The van der Waals surface area contributed by atoms with E-state index in [1.807, 2.05) is 6.92 Å². The largest absolute Gasteiger partial charge is 0.357 e. The Bertz CT molecular complexity index is 655. The zero-order chi connectivity index (χ0) is 21.8. The summed E-state index contributed by atoms with van der Waals surface area (Å²) in [5, 5.41) is 6.61. The second-order valence-corrected chi connectivity index (χ2v) is 9.08. The maximum atomic E-state index is 12.8. The Balaban J connectivity index is 1.55. The van der Waals surface area contributed by atoms with E-state index in [0.29, 0.717) is 25.0 Å². The van der Waals surface area contributed by atoms with Crippen LogP contribution >= 0.6 is 0 Å². The fraction of sp³-hybridized carbons (Fsp3) is 0.783. The summed E-state index contributed by atoms with van der Waals surface area (Å²) in [5.41, 5.74) is 0. The van der Waals surface area contributed by atoms with Gasteiger partial charge in [0.05, 0.1) is 18.4 Å². The number of rotatable bonds is 10. The minimum absolute atomic E-state index is 0.0204. The van der Waals surface area contributed by atoms with Crippen LogP contribution in [0.5, 0.6) is 0 Å². The maximum absolute atomic E-state index is 12.8. The molecule has 5 unspecified atom stereocenters. The normalized spacial score (nSPS) is 28.8. The summed E-state index contributed by atoms with van der Waals surface area (Å²) in [4.78, 5) is 34.2. The van der Waals surface area contributed by atoms with Crippen molar-refractivity contribution in [1.29, 1.82) is 0 Å². The fourth-order valence-corrected chi connectivity index (χ4v) is 5.56. The zero-order valence-corrected chi connectivity index (χ0v) is 19.2. The van der Waals surface area contributed by atoms with Gasteiger partial charge < -0.3 is 15.5 Å². The average Bonchev–Trinajstić information content (AvgIpc) is 3.40. The number of hydrogen-bond acceptors (Lipinski definition) is 4. The van der Waals surface area contributed by atoms with Crippen molar-refractivity contribution in [3.63, 3.8) is 0 Å². The quantitative estimate of drug-likeness (QED) is 0.245. The molecule has 7 heteroatoms. The number of fused-ring (bicyclic) bond motifs is 5. The second-order valence-electron chi connectivity index (χ2n) is 9.08. The predicted molar refractivity (Wildman–Crippen MR) is 120 cm³/mol. The summed E-state index contributed by atoms with van der Waals surface area (Å²) in [7, 11) is 4.23. The molecular formula is C23H39N5O2. The fourth-order valence-electron chi connectivity index (χ4n) is 5.56. The molecule has 2 aliphatic carbocycles. The molecule has 3 aliphatic rings. The zero-order valence-electron chi connectivity index (χ0n) is 19.2. The molecule has 1 saturated carbocycles. The van der Waals surface area contributed by atoms with Crippen molar-refractivity contribution in [2.45, 2.75) is 46.1 Å². The Morgan fingerprint density at radius 2 is 1.70 bits per heavy atom. The number of nitrogens with one attached hydrogen (secondary N) is 2. The lowest BCUT2D eigenvalue weighted by molar-refractivity contribution is -0.140. The Morgan fingerprint density at radius 1 is 1.10 bits per heavy atom. The number of carbonyl (C=O) groups is 2. The van der Waals surface area contributed by atoms with Gasteiger partial charge in [-0.2, -0.15) is 0 Å². The highest BCUT2D eigenvalue weighted by Gasteiger charge is 2.58. The monoisotopic (exact) mass is 417 g/mol. The molecule has 0 radical (unpaired) electrons. The summed E-state index contributed by atoms with van der Waals surface area (Å²) >= 11 is 0. The first-order chi connectivity index (χ1) is 14.4. The standard InChI is InChI=1S/C23H39N5O2/c1-6-15(7-2)18(27(4)5)14-26-23(24-8-3)25-11-12-28-21(29)19-16-9-10-17(13-16)20(19)22(28)30/h9-10,15-20H,6-8,11-14H2,1-5H3,(H2,24,25,26). The number of aliphatic imine (C=N–C) groups is 1. The Morgan fingerprint density at radius 3 is 2.20 bits per heavy atom. The maximum Gasteiger partial charge on any atom is 0.233 e. The molecule has 0 spiro atoms. The number of hydrogen-bond donors (Lipinski definition) is 2. The average molecular weight is 418 g/mol. The van der Waals surface area contributed by atoms with E-state index in [0.717, 1.165) is 38.3 Å². The lowest BCUT2D eigenvalue weighted by Gasteiger charge is -2.30. The Labute approximate surface area is 181 Å². The molecule has 2 bridgehead atoms. The van der Waals surface area contributed by atoms with E-state index < -0.39 is 0 Å². The molecule has 2 fully saturated rings. The van der Waals surface area contributed by atoms with Crippen molar-refractivity contribution < 1.29 is 9.59 Å². The summed E-state index contributed by atoms with van der Waals surface area (Å²) in [6, 6.07) is 0.388. The molecule has 0 aromatic rings. The highest BCUT2D eigenvalue weighted by molar-refractivity contribution is 6.06. The molecule has 30 heavy (non-hydrogen) atoms. The number of guanidine groups is 1. The van der Waals surface area contributed by atoms with Crippen LogP contribution in [-0.2, 0) is 9.59 Å². The summed E-state index contributed by atoms with van der Waals surface area (Å²) in [6.07, 6.45) is 7.51. The summed E-state index contributed by atoms with van der Waals surface area (Å²) < 4.78 is 0. The number of carbonyl (C=O) groups excluding carboxylic acids is 2. The van der Waals surface area contributed by atoms with Gasteiger partial charge in [-0.25, -0.2) is 0 Å². The van der Waals surface area contributed by atoms with Gasteiger partial charge in [-0.3, -0.25) is 19.5 Å². The molecular weight excluding hydrogens is 378 g/mol. The minimum Gasteiger partial charge on any atom is -0.357 e. The Hall–Kier alpha value is -1.89. The van der Waals surface area contributed by atoms with Crippen LogP contribution in [0.3, 0.4) is 0 Å². The molecule has 3 rings (SSSR count). The molecule has 1 heterocycles. The molecule has 2 N–H and O–H groups in total. The molecule has 0 aromatic carbocycles. The minimum atomic E-state index is -0.115. The van der Waals surface area contributed by atoms with E-state index in [9.17, 15) is 9.59 Å². The number of nitrogens with zero attached hydrogens (tertiary/aromatic N) is 3. The van der Waals surface area contributed by atoms with Gasteiger partial charge in [0.25, 0.3) is 0 Å². The number of allylic oxidation sites excluding steroid dienone is 2. The van der Waals surface area contributed by atoms with Gasteiger partial charge in [0.1, 0.15) is 0 Å².